The van der Waals surface area contributed by atoms with Crippen molar-refractivity contribution in [2.75, 3.05) is 42.3 Å². The molecule has 0 aliphatic carbocycles. The third kappa shape index (κ3) is 5.23. The number of carbonyl (C=O) groups is 1. The third-order valence-corrected chi connectivity index (χ3v) is 6.75. The lowest BCUT2D eigenvalue weighted by molar-refractivity contribution is -0.154. The van der Waals surface area contributed by atoms with Crippen molar-refractivity contribution in [1.29, 1.82) is 0 Å². The Hall–Kier alpha value is -2.60. The zero-order valence-corrected chi connectivity index (χ0v) is 18.1. The molecule has 2 aliphatic heterocycles. The number of amides is 1. The van der Waals surface area contributed by atoms with E-state index < -0.39 is 24.0 Å². The SMILES string of the molecule is C[S+]([O-])C1CN(c2ncc(N3CCC(Cc4ccc(OCC(F)(F)F)nc4)C3=O)cn2)C1. The van der Waals surface area contributed by atoms with Gasteiger partial charge in [-0.1, -0.05) is 17.2 Å². The minimum atomic E-state index is -4.42. The molecule has 4 heterocycles. The first kappa shape index (κ1) is 22.6. The van der Waals surface area contributed by atoms with Crippen molar-refractivity contribution in [3.63, 3.8) is 0 Å². The highest BCUT2D eigenvalue weighted by molar-refractivity contribution is 7.91. The summed E-state index contributed by atoms with van der Waals surface area (Å²) >= 11 is -0.863. The number of anilines is 2. The van der Waals surface area contributed by atoms with E-state index in [0.717, 1.165) is 5.56 Å². The fraction of sp³-hybridized carbons (Fsp3) is 0.500. The topological polar surface area (TPSA) is 94.5 Å². The summed E-state index contributed by atoms with van der Waals surface area (Å²) in [5.74, 6) is 0.136. The van der Waals surface area contributed by atoms with Gasteiger partial charge in [0.1, 0.15) is 5.25 Å². The Morgan fingerprint density at radius 3 is 2.50 bits per heavy atom. The van der Waals surface area contributed by atoms with Crippen LogP contribution in [-0.2, 0) is 22.4 Å². The molecule has 2 atom stereocenters. The fourth-order valence-electron chi connectivity index (χ4n) is 3.67. The van der Waals surface area contributed by atoms with E-state index in [-0.39, 0.29) is 23.0 Å². The van der Waals surface area contributed by atoms with Gasteiger partial charge in [0.15, 0.2) is 6.61 Å². The lowest BCUT2D eigenvalue weighted by Crippen LogP contribution is -2.55. The summed E-state index contributed by atoms with van der Waals surface area (Å²) in [6.07, 6.45) is 3.01. The molecule has 172 valence electrons. The molecule has 0 radical (unpaired) electrons. The van der Waals surface area contributed by atoms with Gasteiger partial charge in [0.2, 0.25) is 17.7 Å². The van der Waals surface area contributed by atoms with Gasteiger partial charge in [-0.3, -0.25) is 4.79 Å². The number of alkyl halides is 3. The smallest absolute Gasteiger partial charge is 0.422 e. The highest BCUT2D eigenvalue weighted by Crippen LogP contribution is 2.28. The van der Waals surface area contributed by atoms with Gasteiger partial charge in [0, 0.05) is 24.7 Å². The molecule has 0 bridgehead atoms. The molecule has 2 aromatic heterocycles. The van der Waals surface area contributed by atoms with E-state index in [1.165, 1.54) is 12.3 Å². The Balaban J connectivity index is 1.31. The van der Waals surface area contributed by atoms with Gasteiger partial charge >= 0.3 is 6.18 Å². The number of halogens is 3. The van der Waals surface area contributed by atoms with Gasteiger partial charge in [0.25, 0.3) is 0 Å². The normalized spacial score (nSPS) is 20.4. The van der Waals surface area contributed by atoms with E-state index >= 15 is 0 Å². The maximum absolute atomic E-state index is 12.9. The maximum atomic E-state index is 12.9. The van der Waals surface area contributed by atoms with Crippen molar-refractivity contribution in [3.05, 3.63) is 36.3 Å². The lowest BCUT2D eigenvalue weighted by Gasteiger charge is -2.38. The van der Waals surface area contributed by atoms with Crippen molar-refractivity contribution in [3.8, 4) is 5.88 Å². The fourth-order valence-corrected chi connectivity index (χ4v) is 4.45. The second kappa shape index (κ2) is 9.10. The summed E-state index contributed by atoms with van der Waals surface area (Å²) in [6, 6.07) is 3.00. The van der Waals surface area contributed by atoms with E-state index in [4.69, 9.17) is 0 Å². The van der Waals surface area contributed by atoms with E-state index in [1.807, 2.05) is 4.90 Å². The first-order valence-electron chi connectivity index (χ1n) is 10.0. The van der Waals surface area contributed by atoms with Crippen LogP contribution in [0.5, 0.6) is 5.88 Å². The Morgan fingerprint density at radius 2 is 1.91 bits per heavy atom. The summed E-state index contributed by atoms with van der Waals surface area (Å²) < 4.78 is 52.7. The summed E-state index contributed by atoms with van der Waals surface area (Å²) in [6.45, 7) is 0.447. The molecule has 0 N–H and O–H groups in total. The zero-order valence-electron chi connectivity index (χ0n) is 17.3. The zero-order chi connectivity index (χ0) is 22.9. The number of pyridine rings is 1. The summed E-state index contributed by atoms with van der Waals surface area (Å²) in [5.41, 5.74) is 1.36. The van der Waals surface area contributed by atoms with E-state index in [0.29, 0.717) is 44.1 Å². The molecule has 32 heavy (non-hydrogen) atoms. The Labute approximate surface area is 186 Å². The largest absolute Gasteiger partial charge is 0.616 e. The Kier molecular flexibility index (Phi) is 6.42. The molecule has 0 spiro atoms. The van der Waals surface area contributed by atoms with Crippen LogP contribution >= 0.6 is 0 Å². The quantitative estimate of drug-likeness (QED) is 0.573. The molecule has 2 unspecified atom stereocenters. The molecule has 8 nitrogen and oxygen atoms in total. The van der Waals surface area contributed by atoms with E-state index in [2.05, 4.69) is 19.7 Å². The number of aromatic nitrogens is 3. The molecule has 2 saturated heterocycles. The van der Waals surface area contributed by atoms with Gasteiger partial charge in [-0.05, 0) is 18.4 Å². The first-order chi connectivity index (χ1) is 15.2. The molecule has 1 amide bonds. The average molecular weight is 469 g/mol. The van der Waals surface area contributed by atoms with Crippen molar-refractivity contribution in [2.45, 2.75) is 24.3 Å². The van der Waals surface area contributed by atoms with Crippen LogP contribution in [0.25, 0.3) is 0 Å². The van der Waals surface area contributed by atoms with Crippen LogP contribution in [-0.4, -0.2) is 69.3 Å². The number of carbonyl (C=O) groups excluding carboxylic acids is 1. The molecular weight excluding hydrogens is 447 g/mol. The molecular formula is C20H22F3N5O3S. The number of hydrogen-bond donors (Lipinski definition) is 0. The van der Waals surface area contributed by atoms with E-state index in [9.17, 15) is 22.5 Å². The van der Waals surface area contributed by atoms with Crippen LogP contribution in [0, 0.1) is 5.92 Å². The van der Waals surface area contributed by atoms with Gasteiger partial charge in [0.05, 0.1) is 37.4 Å². The highest BCUT2D eigenvalue weighted by Gasteiger charge is 2.36. The van der Waals surface area contributed by atoms with Crippen LogP contribution < -0.4 is 14.5 Å². The number of nitrogens with zero attached hydrogens (tertiary/aromatic N) is 5. The average Bonchev–Trinajstić information content (AvgIpc) is 3.06. The monoisotopic (exact) mass is 469 g/mol. The second-order valence-corrected chi connectivity index (χ2v) is 9.52. The predicted octanol–water partition coefficient (Wildman–Crippen LogP) is 1.98. The molecule has 0 saturated carbocycles. The van der Waals surface area contributed by atoms with E-state index in [1.54, 1.807) is 29.6 Å². The van der Waals surface area contributed by atoms with Crippen LogP contribution in [0.1, 0.15) is 12.0 Å². The summed E-state index contributed by atoms with van der Waals surface area (Å²) in [4.78, 5) is 29.0. The molecule has 2 aliphatic rings. The molecule has 2 aromatic rings. The number of rotatable bonds is 7. The molecule has 0 aromatic carbocycles. The third-order valence-electron chi connectivity index (χ3n) is 5.52. The molecule has 12 heteroatoms. The lowest BCUT2D eigenvalue weighted by atomic mass is 9.99. The van der Waals surface area contributed by atoms with Gasteiger partial charge in [-0.25, -0.2) is 15.0 Å². The van der Waals surface area contributed by atoms with Crippen LogP contribution in [0.3, 0.4) is 0 Å². The molecule has 2 fully saturated rings. The van der Waals surface area contributed by atoms with Crippen molar-refractivity contribution in [2.24, 2.45) is 5.92 Å². The predicted molar refractivity (Wildman–Crippen MR) is 112 cm³/mol. The standard InChI is InChI=1S/C20H22F3N5O3S/c1-32(30)16-10-27(11-16)19-25-8-15(9-26-19)28-5-4-14(18(28)29)6-13-2-3-17(24-7-13)31-12-20(21,22)23/h2-3,7-9,14,16H,4-6,10-12H2,1H3. The van der Waals surface area contributed by atoms with Crippen molar-refractivity contribution in [1.82, 2.24) is 15.0 Å². The van der Waals surface area contributed by atoms with Crippen LogP contribution in [0.15, 0.2) is 30.7 Å². The number of hydrogen-bond acceptors (Lipinski definition) is 7. The summed E-state index contributed by atoms with van der Waals surface area (Å²) in [5, 5.41) is 0.138. The first-order valence-corrected chi connectivity index (χ1v) is 11.7. The van der Waals surface area contributed by atoms with Crippen molar-refractivity contribution >= 4 is 28.7 Å². The Morgan fingerprint density at radius 1 is 1.19 bits per heavy atom. The van der Waals surface area contributed by atoms with Crippen LogP contribution in [0.4, 0.5) is 24.8 Å². The van der Waals surface area contributed by atoms with Crippen LogP contribution in [0.2, 0.25) is 0 Å². The summed E-state index contributed by atoms with van der Waals surface area (Å²) in [7, 11) is 0. The Bertz CT molecular complexity index is 937. The second-order valence-electron chi connectivity index (χ2n) is 7.85. The minimum absolute atomic E-state index is 0.0517. The molecule has 4 rings (SSSR count). The van der Waals surface area contributed by atoms with Gasteiger partial charge in [-0.2, -0.15) is 13.2 Å². The van der Waals surface area contributed by atoms with Crippen molar-refractivity contribution < 1.29 is 27.3 Å². The van der Waals surface area contributed by atoms with Gasteiger partial charge in [-0.15, -0.1) is 0 Å². The number of ether oxygens (including phenoxy) is 1. The maximum Gasteiger partial charge on any atom is 0.422 e. The minimum Gasteiger partial charge on any atom is -0.616 e. The van der Waals surface area contributed by atoms with Gasteiger partial charge < -0.3 is 19.1 Å². The highest BCUT2D eigenvalue weighted by atomic mass is 32.2.